The molecule has 5 heteroatoms. The molecule has 0 bridgehead atoms. The lowest BCUT2D eigenvalue weighted by Crippen LogP contribution is -2.12. The molecule has 1 aromatic carbocycles. The van der Waals surface area contributed by atoms with Crippen LogP contribution in [0.5, 0.6) is 0 Å². The van der Waals surface area contributed by atoms with E-state index in [1.807, 2.05) is 30.3 Å². The number of rotatable bonds is 5. The highest BCUT2D eigenvalue weighted by atomic mass is 16.6. The maximum absolute atomic E-state index is 11.8. The summed E-state index contributed by atoms with van der Waals surface area (Å²) in [6.45, 7) is 1.25. The largest absolute Gasteiger partial charge is 0.451 e. The van der Waals surface area contributed by atoms with Crippen molar-refractivity contribution in [1.29, 1.82) is 0 Å². The molecule has 1 aliphatic heterocycles. The molecule has 0 fully saturated rings. The van der Waals surface area contributed by atoms with Crippen LogP contribution in [0.25, 0.3) is 5.57 Å². The number of benzene rings is 1. The molecule has 106 valence electrons. The summed E-state index contributed by atoms with van der Waals surface area (Å²) in [7, 11) is 0. The fourth-order valence-corrected chi connectivity index (χ4v) is 2.15. The second-order valence-corrected chi connectivity index (χ2v) is 4.46. The summed E-state index contributed by atoms with van der Waals surface area (Å²) in [6.07, 6.45) is 0.491. The van der Waals surface area contributed by atoms with Gasteiger partial charge in [-0.1, -0.05) is 30.3 Å². The molecule has 0 aliphatic carbocycles. The molecular weight excluding hydrogens is 260 g/mol. The van der Waals surface area contributed by atoms with Crippen LogP contribution in [0.4, 0.5) is 0 Å². The van der Waals surface area contributed by atoms with E-state index in [0.717, 1.165) is 5.56 Å². The monoisotopic (exact) mass is 276 g/mol. The van der Waals surface area contributed by atoms with Gasteiger partial charge < -0.3 is 14.6 Å². The number of carbonyl (C=O) groups excluding carboxylic acids is 2. The smallest absolute Gasteiger partial charge is 0.375 e. The molecule has 0 aromatic heterocycles. The number of carbonyl (C=O) groups is 2. The van der Waals surface area contributed by atoms with Crippen LogP contribution in [0.15, 0.2) is 36.1 Å². The highest BCUT2D eigenvalue weighted by molar-refractivity contribution is 6.02. The predicted octanol–water partition coefficient (Wildman–Crippen LogP) is 1.66. The Morgan fingerprint density at radius 2 is 2.05 bits per heavy atom. The minimum absolute atomic E-state index is 0.0129. The van der Waals surface area contributed by atoms with E-state index in [4.69, 9.17) is 14.6 Å². The zero-order chi connectivity index (χ0) is 14.5. The summed E-state index contributed by atoms with van der Waals surface area (Å²) < 4.78 is 10.2. The van der Waals surface area contributed by atoms with Gasteiger partial charge in [0, 0.05) is 13.5 Å². The highest BCUT2D eigenvalue weighted by Crippen LogP contribution is 2.34. The maximum atomic E-state index is 11.8. The van der Waals surface area contributed by atoms with Crippen molar-refractivity contribution in [2.45, 2.75) is 25.9 Å². The van der Waals surface area contributed by atoms with Crippen LogP contribution in [0.1, 0.15) is 25.3 Å². The Balaban J connectivity index is 2.40. The normalized spacial score (nSPS) is 18.1. The highest BCUT2D eigenvalue weighted by Gasteiger charge is 2.36. The van der Waals surface area contributed by atoms with Gasteiger partial charge in [0.05, 0.1) is 5.57 Å². The molecule has 0 amide bonds. The van der Waals surface area contributed by atoms with Gasteiger partial charge in [-0.15, -0.1) is 0 Å². The minimum atomic E-state index is -0.637. The maximum Gasteiger partial charge on any atom is 0.375 e. The molecule has 0 spiro atoms. The van der Waals surface area contributed by atoms with Crippen LogP contribution >= 0.6 is 0 Å². The molecule has 20 heavy (non-hydrogen) atoms. The van der Waals surface area contributed by atoms with Crippen molar-refractivity contribution in [3.63, 3.8) is 0 Å². The Bertz CT molecular complexity index is 532. The fraction of sp³-hybridized carbons (Fsp3) is 0.333. The van der Waals surface area contributed by atoms with Gasteiger partial charge >= 0.3 is 11.9 Å². The second kappa shape index (κ2) is 6.34. The first-order valence-electron chi connectivity index (χ1n) is 6.43. The van der Waals surface area contributed by atoms with E-state index in [-0.39, 0.29) is 12.4 Å². The lowest BCUT2D eigenvalue weighted by atomic mass is 9.97. The third-order valence-electron chi connectivity index (χ3n) is 2.96. The van der Waals surface area contributed by atoms with Gasteiger partial charge in [0.1, 0.15) is 6.10 Å². The van der Waals surface area contributed by atoms with Gasteiger partial charge in [-0.25, -0.2) is 4.79 Å². The van der Waals surface area contributed by atoms with Crippen LogP contribution in [0.3, 0.4) is 0 Å². The second-order valence-electron chi connectivity index (χ2n) is 4.46. The zero-order valence-corrected chi connectivity index (χ0v) is 11.2. The van der Waals surface area contributed by atoms with Crippen molar-refractivity contribution in [2.75, 3.05) is 6.61 Å². The average molecular weight is 276 g/mol. The lowest BCUT2D eigenvalue weighted by molar-refractivity contribution is -0.149. The summed E-state index contributed by atoms with van der Waals surface area (Å²) in [5.41, 5.74) is 1.34. The number of hydrogen-bond donors (Lipinski definition) is 1. The lowest BCUT2D eigenvalue weighted by Gasteiger charge is -2.13. The molecule has 1 N–H and O–H groups in total. The van der Waals surface area contributed by atoms with E-state index in [1.165, 1.54) is 6.92 Å². The number of cyclic esters (lactones) is 1. The molecule has 2 rings (SSSR count). The standard InChI is InChI=1S/C15H16O5/c1-10(17)19-14-13(11-6-3-2-4-7-11)12(8-5-9-16)20-15(14)18/h2-4,6-7,12,16H,5,8-9H2,1H3. The Labute approximate surface area is 116 Å². The number of aliphatic hydroxyl groups is 1. The Hall–Kier alpha value is -2.14. The SMILES string of the molecule is CC(=O)OC1=C(c2ccccc2)C(CCCO)OC1=O. The summed E-state index contributed by atoms with van der Waals surface area (Å²) in [5, 5.41) is 8.92. The zero-order valence-electron chi connectivity index (χ0n) is 11.2. The van der Waals surface area contributed by atoms with Crippen molar-refractivity contribution < 1.29 is 24.2 Å². The van der Waals surface area contributed by atoms with E-state index in [1.54, 1.807) is 0 Å². The third kappa shape index (κ3) is 3.05. The van der Waals surface area contributed by atoms with Gasteiger partial charge in [-0.05, 0) is 18.4 Å². The first kappa shape index (κ1) is 14.3. The third-order valence-corrected chi connectivity index (χ3v) is 2.96. The van der Waals surface area contributed by atoms with Gasteiger partial charge in [-0.3, -0.25) is 4.79 Å². The molecular formula is C15H16O5. The van der Waals surface area contributed by atoms with E-state index < -0.39 is 18.0 Å². The molecule has 1 heterocycles. The molecule has 0 saturated heterocycles. The topological polar surface area (TPSA) is 72.8 Å². The summed E-state index contributed by atoms with van der Waals surface area (Å²) in [6, 6.07) is 9.18. The molecule has 0 radical (unpaired) electrons. The molecule has 1 unspecified atom stereocenters. The van der Waals surface area contributed by atoms with Gasteiger partial charge in [0.15, 0.2) is 0 Å². The van der Waals surface area contributed by atoms with Crippen molar-refractivity contribution in [3.05, 3.63) is 41.7 Å². The fourth-order valence-electron chi connectivity index (χ4n) is 2.15. The number of esters is 2. The molecule has 5 nitrogen and oxygen atoms in total. The average Bonchev–Trinajstić information content (AvgIpc) is 2.73. The minimum Gasteiger partial charge on any atom is -0.451 e. The van der Waals surface area contributed by atoms with E-state index in [9.17, 15) is 9.59 Å². The Kier molecular flexibility index (Phi) is 4.53. The van der Waals surface area contributed by atoms with Crippen LogP contribution in [-0.4, -0.2) is 29.8 Å². The van der Waals surface area contributed by atoms with Crippen molar-refractivity contribution in [1.82, 2.24) is 0 Å². The quantitative estimate of drug-likeness (QED) is 0.828. The van der Waals surface area contributed by atoms with E-state index >= 15 is 0 Å². The Morgan fingerprint density at radius 1 is 1.35 bits per heavy atom. The number of aliphatic hydroxyl groups excluding tert-OH is 1. The molecule has 1 aliphatic rings. The molecule has 1 atom stereocenters. The van der Waals surface area contributed by atoms with E-state index in [2.05, 4.69) is 0 Å². The van der Waals surface area contributed by atoms with Crippen molar-refractivity contribution >= 4 is 17.5 Å². The van der Waals surface area contributed by atoms with Gasteiger partial charge in [0.2, 0.25) is 5.76 Å². The molecule has 0 saturated carbocycles. The van der Waals surface area contributed by atoms with Crippen LogP contribution in [0.2, 0.25) is 0 Å². The first-order chi connectivity index (χ1) is 9.63. The summed E-state index contributed by atoms with van der Waals surface area (Å²) >= 11 is 0. The van der Waals surface area contributed by atoms with Gasteiger partial charge in [-0.2, -0.15) is 0 Å². The van der Waals surface area contributed by atoms with E-state index in [0.29, 0.717) is 18.4 Å². The van der Waals surface area contributed by atoms with Crippen LogP contribution < -0.4 is 0 Å². The predicted molar refractivity (Wildman–Crippen MR) is 71.3 cm³/mol. The first-order valence-corrected chi connectivity index (χ1v) is 6.43. The van der Waals surface area contributed by atoms with Crippen molar-refractivity contribution in [2.24, 2.45) is 0 Å². The summed E-state index contributed by atoms with van der Waals surface area (Å²) in [4.78, 5) is 23.0. The summed E-state index contributed by atoms with van der Waals surface area (Å²) in [5.74, 6) is -1.25. The Morgan fingerprint density at radius 3 is 2.65 bits per heavy atom. The van der Waals surface area contributed by atoms with Gasteiger partial charge in [0.25, 0.3) is 0 Å². The van der Waals surface area contributed by atoms with Crippen LogP contribution in [-0.2, 0) is 19.1 Å². The van der Waals surface area contributed by atoms with Crippen LogP contribution in [0, 0.1) is 0 Å². The number of ether oxygens (including phenoxy) is 2. The van der Waals surface area contributed by atoms with Crippen molar-refractivity contribution in [3.8, 4) is 0 Å². The molecule has 1 aromatic rings. The number of hydrogen-bond acceptors (Lipinski definition) is 5.